The lowest BCUT2D eigenvalue weighted by Crippen LogP contribution is -2.15. The third kappa shape index (κ3) is 2.60. The molecule has 0 saturated heterocycles. The molecule has 0 aromatic heterocycles. The van der Waals surface area contributed by atoms with Gasteiger partial charge in [-0.1, -0.05) is 17.7 Å². The van der Waals surface area contributed by atoms with Gasteiger partial charge in [0.1, 0.15) is 5.75 Å². The van der Waals surface area contributed by atoms with Crippen molar-refractivity contribution in [3.8, 4) is 5.75 Å². The van der Waals surface area contributed by atoms with Crippen molar-refractivity contribution in [3.63, 3.8) is 0 Å². The smallest absolute Gasteiger partial charge is 0.147 e. The number of benzene rings is 1. The first-order valence-corrected chi connectivity index (χ1v) is 3.60. The standard InChI is InChI=1S/C9H13NO/c1-8-4-6-9(7-5-8)11-10(2)3/h4-7H,1-3H3. The molecule has 11 heavy (non-hydrogen) atoms. The Hall–Kier alpha value is -1.02. The van der Waals surface area contributed by atoms with Gasteiger partial charge in [-0.25, -0.2) is 0 Å². The molecule has 1 rings (SSSR count). The van der Waals surface area contributed by atoms with Gasteiger partial charge in [0, 0.05) is 14.1 Å². The Morgan fingerprint density at radius 1 is 1.09 bits per heavy atom. The van der Waals surface area contributed by atoms with Crippen LogP contribution in [0.3, 0.4) is 0 Å². The van der Waals surface area contributed by atoms with Crippen molar-refractivity contribution in [2.75, 3.05) is 14.1 Å². The molecule has 0 unspecified atom stereocenters. The van der Waals surface area contributed by atoms with E-state index in [0.29, 0.717) is 0 Å². The third-order valence-electron chi connectivity index (χ3n) is 1.31. The quantitative estimate of drug-likeness (QED) is 0.598. The van der Waals surface area contributed by atoms with Crippen LogP contribution in [0.5, 0.6) is 5.75 Å². The van der Waals surface area contributed by atoms with Crippen LogP contribution in [0.2, 0.25) is 0 Å². The minimum absolute atomic E-state index is 0.876. The van der Waals surface area contributed by atoms with E-state index in [0.717, 1.165) is 5.75 Å². The summed E-state index contributed by atoms with van der Waals surface area (Å²) in [6, 6.07) is 7.96. The van der Waals surface area contributed by atoms with Gasteiger partial charge in [-0.05, 0) is 19.1 Å². The van der Waals surface area contributed by atoms with Crippen LogP contribution in [0.4, 0.5) is 0 Å². The Labute approximate surface area is 67.4 Å². The Bertz CT molecular complexity index is 216. The minimum Gasteiger partial charge on any atom is -0.407 e. The molecule has 0 spiro atoms. The van der Waals surface area contributed by atoms with Crippen LogP contribution in [0.15, 0.2) is 24.3 Å². The van der Waals surface area contributed by atoms with Crippen molar-refractivity contribution < 1.29 is 4.84 Å². The molecule has 0 aliphatic heterocycles. The topological polar surface area (TPSA) is 12.5 Å². The molecule has 1 aromatic rings. The highest BCUT2D eigenvalue weighted by molar-refractivity contribution is 5.25. The molecular formula is C9H13NO. The van der Waals surface area contributed by atoms with Gasteiger partial charge in [-0.3, -0.25) is 0 Å². The van der Waals surface area contributed by atoms with Gasteiger partial charge in [0.15, 0.2) is 0 Å². The molecule has 1 aromatic carbocycles. The van der Waals surface area contributed by atoms with Crippen LogP contribution < -0.4 is 4.84 Å². The van der Waals surface area contributed by atoms with Gasteiger partial charge in [0.2, 0.25) is 0 Å². The first kappa shape index (κ1) is 8.08. The van der Waals surface area contributed by atoms with Crippen molar-refractivity contribution in [3.05, 3.63) is 29.8 Å². The zero-order valence-electron chi connectivity index (χ0n) is 7.16. The van der Waals surface area contributed by atoms with Crippen molar-refractivity contribution in [2.24, 2.45) is 0 Å². The van der Waals surface area contributed by atoms with Gasteiger partial charge in [-0.15, -0.1) is 0 Å². The first-order chi connectivity index (χ1) is 5.18. The second kappa shape index (κ2) is 3.39. The zero-order chi connectivity index (χ0) is 8.27. The molecule has 0 aliphatic rings. The Morgan fingerprint density at radius 2 is 1.64 bits per heavy atom. The van der Waals surface area contributed by atoms with Crippen molar-refractivity contribution in [1.82, 2.24) is 5.06 Å². The third-order valence-corrected chi connectivity index (χ3v) is 1.31. The van der Waals surface area contributed by atoms with Gasteiger partial charge in [0.05, 0.1) is 0 Å². The monoisotopic (exact) mass is 151 g/mol. The van der Waals surface area contributed by atoms with E-state index in [9.17, 15) is 0 Å². The number of hydroxylamine groups is 2. The summed E-state index contributed by atoms with van der Waals surface area (Å²) in [5, 5.41) is 1.67. The maximum atomic E-state index is 5.30. The SMILES string of the molecule is Cc1ccc(ON(C)C)cc1. The fourth-order valence-electron chi connectivity index (χ4n) is 0.810. The Kier molecular flexibility index (Phi) is 2.49. The van der Waals surface area contributed by atoms with E-state index < -0.39 is 0 Å². The van der Waals surface area contributed by atoms with E-state index in [-0.39, 0.29) is 0 Å². The molecule has 0 saturated carbocycles. The van der Waals surface area contributed by atoms with E-state index in [2.05, 4.69) is 6.92 Å². The fraction of sp³-hybridized carbons (Fsp3) is 0.333. The summed E-state index contributed by atoms with van der Waals surface area (Å²) in [5.41, 5.74) is 1.25. The molecule has 0 atom stereocenters. The number of hydrogen-bond acceptors (Lipinski definition) is 2. The van der Waals surface area contributed by atoms with Crippen molar-refractivity contribution in [1.29, 1.82) is 0 Å². The van der Waals surface area contributed by atoms with Crippen LogP contribution in [0, 0.1) is 6.92 Å². The van der Waals surface area contributed by atoms with Crippen LogP contribution >= 0.6 is 0 Å². The molecule has 60 valence electrons. The molecule has 0 bridgehead atoms. The summed E-state index contributed by atoms with van der Waals surface area (Å²) in [4.78, 5) is 5.30. The molecule has 0 radical (unpaired) electrons. The largest absolute Gasteiger partial charge is 0.407 e. The normalized spacial score (nSPS) is 10.2. The lowest BCUT2D eigenvalue weighted by molar-refractivity contribution is -0.00326. The van der Waals surface area contributed by atoms with Crippen molar-refractivity contribution >= 4 is 0 Å². The first-order valence-electron chi connectivity index (χ1n) is 3.60. The van der Waals surface area contributed by atoms with E-state index in [1.807, 2.05) is 38.4 Å². The highest BCUT2D eigenvalue weighted by Crippen LogP contribution is 2.11. The molecular weight excluding hydrogens is 138 g/mol. The Morgan fingerprint density at radius 3 is 2.09 bits per heavy atom. The molecule has 2 heteroatoms. The van der Waals surface area contributed by atoms with Crippen LogP contribution in [-0.2, 0) is 0 Å². The summed E-state index contributed by atoms with van der Waals surface area (Å²) < 4.78 is 0. The zero-order valence-corrected chi connectivity index (χ0v) is 7.16. The maximum Gasteiger partial charge on any atom is 0.147 e. The predicted molar refractivity (Wildman–Crippen MR) is 45.5 cm³/mol. The van der Waals surface area contributed by atoms with Gasteiger partial charge in [-0.2, -0.15) is 5.06 Å². The summed E-state index contributed by atoms with van der Waals surface area (Å²) in [6.45, 7) is 2.06. The molecule has 0 aliphatic carbocycles. The van der Waals surface area contributed by atoms with E-state index in [1.54, 1.807) is 5.06 Å². The average molecular weight is 151 g/mol. The second-order valence-corrected chi connectivity index (χ2v) is 2.72. The van der Waals surface area contributed by atoms with E-state index in [4.69, 9.17) is 4.84 Å². The van der Waals surface area contributed by atoms with Crippen LogP contribution in [0.25, 0.3) is 0 Å². The fourth-order valence-corrected chi connectivity index (χ4v) is 0.810. The minimum atomic E-state index is 0.876. The highest BCUT2D eigenvalue weighted by Gasteiger charge is 1.92. The average Bonchev–Trinajstić information content (AvgIpc) is 1.93. The highest BCUT2D eigenvalue weighted by atomic mass is 16.7. The second-order valence-electron chi connectivity index (χ2n) is 2.72. The molecule has 2 nitrogen and oxygen atoms in total. The summed E-state index contributed by atoms with van der Waals surface area (Å²) in [5.74, 6) is 0.876. The maximum absolute atomic E-state index is 5.30. The van der Waals surface area contributed by atoms with E-state index >= 15 is 0 Å². The van der Waals surface area contributed by atoms with Crippen LogP contribution in [-0.4, -0.2) is 19.2 Å². The number of hydrogen-bond donors (Lipinski definition) is 0. The molecule has 0 heterocycles. The predicted octanol–water partition coefficient (Wildman–Crippen LogP) is 1.85. The summed E-state index contributed by atoms with van der Waals surface area (Å²) in [6.07, 6.45) is 0. The molecule has 0 N–H and O–H groups in total. The number of aryl methyl sites for hydroxylation is 1. The summed E-state index contributed by atoms with van der Waals surface area (Å²) >= 11 is 0. The summed E-state index contributed by atoms with van der Waals surface area (Å²) in [7, 11) is 3.72. The number of rotatable bonds is 2. The van der Waals surface area contributed by atoms with Gasteiger partial charge < -0.3 is 4.84 Å². The van der Waals surface area contributed by atoms with Gasteiger partial charge in [0.25, 0.3) is 0 Å². The van der Waals surface area contributed by atoms with Crippen LogP contribution in [0.1, 0.15) is 5.56 Å². The lowest BCUT2D eigenvalue weighted by atomic mass is 10.2. The van der Waals surface area contributed by atoms with Gasteiger partial charge >= 0.3 is 0 Å². The lowest BCUT2D eigenvalue weighted by Gasteiger charge is -2.11. The van der Waals surface area contributed by atoms with E-state index in [1.165, 1.54) is 5.56 Å². The number of nitrogens with zero attached hydrogens (tertiary/aromatic N) is 1. The molecule has 0 amide bonds. The molecule has 0 fully saturated rings. The van der Waals surface area contributed by atoms with Crippen molar-refractivity contribution in [2.45, 2.75) is 6.92 Å². The Balaban J connectivity index is 2.66.